The number of aryl methyl sites for hydroxylation is 1. The molecule has 11 heteroatoms. The van der Waals surface area contributed by atoms with Crippen molar-refractivity contribution in [1.29, 1.82) is 0 Å². The molecule has 1 aromatic carbocycles. The highest BCUT2D eigenvalue weighted by molar-refractivity contribution is 5.72. The van der Waals surface area contributed by atoms with E-state index < -0.39 is 23.6 Å². The van der Waals surface area contributed by atoms with E-state index >= 15 is 0 Å². The van der Waals surface area contributed by atoms with E-state index in [9.17, 15) is 23.4 Å². The Balaban J connectivity index is 1.61. The lowest BCUT2D eigenvalue weighted by atomic mass is 10.0. The van der Waals surface area contributed by atoms with Crippen molar-refractivity contribution in [3.8, 4) is 17.0 Å². The molecule has 0 radical (unpaired) electrons. The standard InChI is InChI=1S/C20H23F3N6O2/c1-3-28-9-13(8-14(30)10-28)24-18-26-19-25-15(4-5-29(19)27-18)17-11(2)6-12(7-16(17)31)20(21,22)23/h4-7,13-14,30-31H,3,8-10H2,1-2H3,(H,24,27)/t13-,14+/m1/s1. The summed E-state index contributed by atoms with van der Waals surface area (Å²) >= 11 is 0. The lowest BCUT2D eigenvalue weighted by molar-refractivity contribution is -0.137. The van der Waals surface area contributed by atoms with Crippen molar-refractivity contribution < 1.29 is 23.4 Å². The molecule has 0 spiro atoms. The van der Waals surface area contributed by atoms with Gasteiger partial charge in [0.15, 0.2) is 0 Å². The Morgan fingerprint density at radius 3 is 2.68 bits per heavy atom. The molecule has 2 aromatic heterocycles. The summed E-state index contributed by atoms with van der Waals surface area (Å²) in [7, 11) is 0. The largest absolute Gasteiger partial charge is 0.507 e. The SMILES string of the molecule is CCN1C[C@@H](O)C[C@@H](Nc2nc3nc(-c4c(C)cc(C(F)(F)F)cc4O)ccn3n2)C1. The van der Waals surface area contributed by atoms with E-state index in [-0.39, 0.29) is 22.9 Å². The third-order valence-corrected chi connectivity index (χ3v) is 5.39. The number of hydrogen-bond acceptors (Lipinski definition) is 7. The lowest BCUT2D eigenvalue weighted by Gasteiger charge is -2.35. The predicted octanol–water partition coefficient (Wildman–Crippen LogP) is 2.69. The van der Waals surface area contributed by atoms with Crippen molar-refractivity contribution in [1.82, 2.24) is 24.5 Å². The predicted molar refractivity (Wildman–Crippen MR) is 108 cm³/mol. The van der Waals surface area contributed by atoms with Gasteiger partial charge in [-0.2, -0.15) is 18.2 Å². The Kier molecular flexibility index (Phi) is 5.48. The number of phenols is 1. The number of aliphatic hydroxyl groups is 1. The maximum absolute atomic E-state index is 13.0. The van der Waals surface area contributed by atoms with E-state index in [1.165, 1.54) is 11.4 Å². The number of piperidine rings is 1. The average Bonchev–Trinajstić information content (AvgIpc) is 3.07. The number of aromatic hydroxyl groups is 1. The van der Waals surface area contributed by atoms with Crippen LogP contribution in [0, 0.1) is 6.92 Å². The second kappa shape index (κ2) is 7.97. The molecule has 3 heterocycles. The van der Waals surface area contributed by atoms with Crippen LogP contribution in [-0.4, -0.2) is 66.5 Å². The third kappa shape index (κ3) is 4.42. The van der Waals surface area contributed by atoms with Gasteiger partial charge in [-0.15, -0.1) is 5.10 Å². The number of benzene rings is 1. The highest BCUT2D eigenvalue weighted by Crippen LogP contribution is 2.38. The summed E-state index contributed by atoms with van der Waals surface area (Å²) in [6.07, 6.45) is -2.83. The molecule has 1 fully saturated rings. The minimum atomic E-state index is -4.55. The first-order valence-corrected chi connectivity index (χ1v) is 9.95. The number of hydrogen-bond donors (Lipinski definition) is 3. The van der Waals surface area contributed by atoms with Gasteiger partial charge in [-0.25, -0.2) is 9.50 Å². The summed E-state index contributed by atoms with van der Waals surface area (Å²) in [6, 6.07) is 3.20. The van der Waals surface area contributed by atoms with Gasteiger partial charge in [0.05, 0.1) is 17.4 Å². The molecule has 3 N–H and O–H groups in total. The van der Waals surface area contributed by atoms with Gasteiger partial charge >= 0.3 is 6.18 Å². The maximum atomic E-state index is 13.0. The Bertz CT molecular complexity index is 1080. The second-order valence-corrected chi connectivity index (χ2v) is 7.76. The number of phenolic OH excluding ortho intramolecular Hbond substituents is 1. The number of nitrogens with zero attached hydrogens (tertiary/aromatic N) is 5. The van der Waals surface area contributed by atoms with E-state index in [1.807, 2.05) is 6.92 Å². The first-order chi connectivity index (χ1) is 14.6. The number of nitrogens with one attached hydrogen (secondary N) is 1. The maximum Gasteiger partial charge on any atom is 0.416 e. The van der Waals surface area contributed by atoms with Crippen molar-refractivity contribution in [3.05, 3.63) is 35.5 Å². The minimum Gasteiger partial charge on any atom is -0.507 e. The molecule has 3 aromatic rings. The number of likely N-dealkylation sites (N-methyl/N-ethyl adjacent to an activating group) is 1. The smallest absolute Gasteiger partial charge is 0.416 e. The van der Waals surface area contributed by atoms with Crippen molar-refractivity contribution in [3.63, 3.8) is 0 Å². The molecule has 31 heavy (non-hydrogen) atoms. The molecular weight excluding hydrogens is 413 g/mol. The average molecular weight is 436 g/mol. The fourth-order valence-corrected chi connectivity index (χ4v) is 3.95. The summed E-state index contributed by atoms with van der Waals surface area (Å²) in [6.45, 7) is 5.73. The zero-order valence-corrected chi connectivity index (χ0v) is 17.1. The molecule has 0 bridgehead atoms. The summed E-state index contributed by atoms with van der Waals surface area (Å²) < 4.78 is 40.4. The summed E-state index contributed by atoms with van der Waals surface area (Å²) in [5.41, 5.74) is -0.169. The van der Waals surface area contributed by atoms with Crippen molar-refractivity contribution in [2.45, 2.75) is 38.6 Å². The molecule has 1 saturated heterocycles. The zero-order chi connectivity index (χ0) is 22.3. The first-order valence-electron chi connectivity index (χ1n) is 9.95. The second-order valence-electron chi connectivity index (χ2n) is 7.76. The van der Waals surface area contributed by atoms with Gasteiger partial charge < -0.3 is 15.5 Å². The Labute approximate surface area is 176 Å². The molecular formula is C20H23F3N6O2. The third-order valence-electron chi connectivity index (χ3n) is 5.39. The zero-order valence-electron chi connectivity index (χ0n) is 17.1. The van der Waals surface area contributed by atoms with Crippen molar-refractivity contribution >= 4 is 11.7 Å². The van der Waals surface area contributed by atoms with E-state index in [0.717, 1.165) is 19.2 Å². The monoisotopic (exact) mass is 436 g/mol. The fraction of sp³-hybridized carbons (Fsp3) is 0.450. The normalized spacial score (nSPS) is 20.3. The molecule has 166 valence electrons. The molecule has 1 aliphatic rings. The van der Waals surface area contributed by atoms with Gasteiger partial charge in [0, 0.05) is 30.9 Å². The van der Waals surface area contributed by atoms with Crippen LogP contribution in [0.3, 0.4) is 0 Å². The van der Waals surface area contributed by atoms with Crippen LogP contribution in [0.2, 0.25) is 0 Å². The lowest BCUT2D eigenvalue weighted by Crippen LogP contribution is -2.48. The number of alkyl halides is 3. The van der Waals surface area contributed by atoms with Gasteiger partial charge in [0.2, 0.25) is 5.95 Å². The number of rotatable bonds is 4. The van der Waals surface area contributed by atoms with Gasteiger partial charge in [0.25, 0.3) is 5.78 Å². The van der Waals surface area contributed by atoms with Crippen LogP contribution in [0.25, 0.3) is 17.0 Å². The highest BCUT2D eigenvalue weighted by atomic mass is 19.4. The van der Waals surface area contributed by atoms with E-state index in [4.69, 9.17) is 0 Å². The van der Waals surface area contributed by atoms with Crippen LogP contribution in [0.15, 0.2) is 24.4 Å². The summed E-state index contributed by atoms with van der Waals surface area (Å²) in [5, 5.41) is 27.8. The number of β-amino-alcohol motifs (C(OH)–C–C–N with tert-alkyl or cyclic N) is 1. The Hall–Kier alpha value is -2.92. The number of anilines is 1. The Morgan fingerprint density at radius 1 is 1.23 bits per heavy atom. The topological polar surface area (TPSA) is 98.8 Å². The first kappa shape index (κ1) is 21.3. The highest BCUT2D eigenvalue weighted by Gasteiger charge is 2.32. The fourth-order valence-electron chi connectivity index (χ4n) is 3.95. The quantitative estimate of drug-likeness (QED) is 0.578. The molecule has 2 atom stereocenters. The van der Waals surface area contributed by atoms with E-state index in [2.05, 4.69) is 25.3 Å². The number of fused-ring (bicyclic) bond motifs is 1. The number of halogens is 3. The molecule has 0 amide bonds. The number of aliphatic hydroxyl groups excluding tert-OH is 1. The molecule has 0 aliphatic carbocycles. The molecule has 4 rings (SSSR count). The van der Waals surface area contributed by atoms with Crippen LogP contribution >= 0.6 is 0 Å². The Morgan fingerprint density at radius 2 is 2.00 bits per heavy atom. The summed E-state index contributed by atoms with van der Waals surface area (Å²) in [5.74, 6) is 0.0773. The van der Waals surface area contributed by atoms with Crippen LogP contribution in [0.1, 0.15) is 24.5 Å². The molecule has 0 saturated carbocycles. The van der Waals surface area contributed by atoms with Gasteiger partial charge in [0.1, 0.15) is 5.75 Å². The van der Waals surface area contributed by atoms with Gasteiger partial charge in [-0.05, 0) is 43.7 Å². The van der Waals surface area contributed by atoms with Gasteiger partial charge in [-0.1, -0.05) is 6.92 Å². The van der Waals surface area contributed by atoms with Gasteiger partial charge in [-0.3, -0.25) is 4.90 Å². The molecule has 0 unspecified atom stereocenters. The number of likely N-dealkylation sites (tertiary alicyclic amines) is 1. The van der Waals surface area contributed by atoms with Crippen molar-refractivity contribution in [2.75, 3.05) is 25.0 Å². The van der Waals surface area contributed by atoms with E-state index in [1.54, 1.807) is 12.3 Å². The number of aromatic nitrogens is 4. The van der Waals surface area contributed by atoms with Crippen LogP contribution in [0.5, 0.6) is 5.75 Å². The van der Waals surface area contributed by atoms with Crippen molar-refractivity contribution in [2.24, 2.45) is 0 Å². The van der Waals surface area contributed by atoms with Crippen LogP contribution in [-0.2, 0) is 6.18 Å². The van der Waals surface area contributed by atoms with Crippen LogP contribution < -0.4 is 5.32 Å². The molecule has 8 nitrogen and oxygen atoms in total. The molecule has 1 aliphatic heterocycles. The minimum absolute atomic E-state index is 0.0261. The summed E-state index contributed by atoms with van der Waals surface area (Å²) in [4.78, 5) is 10.9. The van der Waals surface area contributed by atoms with Crippen LogP contribution in [0.4, 0.5) is 19.1 Å². The van der Waals surface area contributed by atoms with E-state index in [0.29, 0.717) is 30.7 Å².